The molecule has 0 fully saturated rings. The number of anilines is 4. The molecule has 0 saturated heterocycles. The summed E-state index contributed by atoms with van der Waals surface area (Å²) in [6.45, 7) is 0. The van der Waals surface area contributed by atoms with Crippen molar-refractivity contribution in [1.82, 2.24) is 0 Å². The molecule has 0 aromatic heterocycles. The Labute approximate surface area is 214 Å². The van der Waals surface area contributed by atoms with E-state index in [2.05, 4.69) is 10.6 Å². The van der Waals surface area contributed by atoms with Gasteiger partial charge in [-0.15, -0.1) is 0 Å². The maximum atomic E-state index is 11.0. The van der Waals surface area contributed by atoms with Crippen LogP contribution in [-0.2, 0) is 10.3 Å². The Bertz CT molecular complexity index is 1510. The van der Waals surface area contributed by atoms with Crippen molar-refractivity contribution in [2.24, 2.45) is 0 Å². The van der Waals surface area contributed by atoms with Crippen LogP contribution in [0, 0.1) is 0 Å². The second kappa shape index (κ2) is 8.52. The van der Waals surface area contributed by atoms with Gasteiger partial charge in [0.05, 0.1) is 0 Å². The number of aliphatic hydroxyl groups is 1. The van der Waals surface area contributed by atoms with Crippen LogP contribution >= 0.6 is 0 Å². The lowest BCUT2D eigenvalue weighted by molar-refractivity contribution is -0.142. The number of aliphatic hydroxyl groups excluding tert-OH is 1. The minimum absolute atomic E-state index is 0.675. The zero-order chi connectivity index (χ0) is 24.8. The van der Waals surface area contributed by atoms with Gasteiger partial charge in [0.1, 0.15) is 11.5 Å². The Balaban J connectivity index is 1.37. The van der Waals surface area contributed by atoms with Crippen molar-refractivity contribution in [3.8, 4) is 11.5 Å². The van der Waals surface area contributed by atoms with Crippen molar-refractivity contribution in [3.63, 3.8) is 0 Å². The molecule has 0 aliphatic carbocycles. The fraction of sp³-hybridized carbons (Fsp3) is 0.0625. The predicted octanol–water partition coefficient (Wildman–Crippen LogP) is 7.59. The summed E-state index contributed by atoms with van der Waals surface area (Å²) < 4.78 is 13.0. The van der Waals surface area contributed by atoms with E-state index in [4.69, 9.17) is 9.47 Å². The number of hydrogen-bond acceptors (Lipinski definition) is 5. The van der Waals surface area contributed by atoms with Crippen LogP contribution in [0.15, 0.2) is 121 Å². The van der Waals surface area contributed by atoms with Crippen molar-refractivity contribution >= 4 is 22.7 Å². The number of ether oxygens (including phenoxy) is 2. The topological polar surface area (TPSA) is 62.8 Å². The van der Waals surface area contributed by atoms with Crippen LogP contribution in [-0.4, -0.2) is 5.11 Å². The standard InChI is InChI=1S/C32H24N2O3/c35-31-25-13-7-8-14-26(25)32(37-31)27-17-15-23(33-21-9-3-1-4-10-21)19-29(27)36-30-20-24(16-18-28(30)32)34-22-11-5-2-6-12-22/h1-20,31,33-35H. The summed E-state index contributed by atoms with van der Waals surface area (Å²) in [5.41, 5.74) is 6.16. The number of nitrogens with one attached hydrogen (secondary N) is 2. The third-order valence-corrected chi connectivity index (χ3v) is 6.96. The summed E-state index contributed by atoms with van der Waals surface area (Å²) in [7, 11) is 0. The highest BCUT2D eigenvalue weighted by molar-refractivity contribution is 5.72. The molecule has 37 heavy (non-hydrogen) atoms. The molecule has 7 rings (SSSR count). The van der Waals surface area contributed by atoms with Crippen molar-refractivity contribution in [2.75, 3.05) is 10.6 Å². The Kier molecular flexibility index (Phi) is 4.99. The molecule has 0 bridgehead atoms. The van der Waals surface area contributed by atoms with E-state index in [0.29, 0.717) is 11.5 Å². The molecule has 2 heterocycles. The zero-order valence-corrected chi connectivity index (χ0v) is 19.9. The fourth-order valence-electron chi connectivity index (χ4n) is 5.34. The third-order valence-electron chi connectivity index (χ3n) is 6.96. The van der Waals surface area contributed by atoms with Crippen LogP contribution < -0.4 is 15.4 Å². The lowest BCUT2D eigenvalue weighted by Gasteiger charge is -2.37. The summed E-state index contributed by atoms with van der Waals surface area (Å²) >= 11 is 0. The minimum Gasteiger partial charge on any atom is -0.456 e. The van der Waals surface area contributed by atoms with Crippen LogP contribution in [0.25, 0.3) is 0 Å². The second-order valence-corrected chi connectivity index (χ2v) is 9.24. The van der Waals surface area contributed by atoms with Crippen molar-refractivity contribution in [3.05, 3.63) is 144 Å². The summed E-state index contributed by atoms with van der Waals surface area (Å²) in [4.78, 5) is 0. The van der Waals surface area contributed by atoms with Gasteiger partial charge in [-0.2, -0.15) is 0 Å². The third kappa shape index (κ3) is 3.56. The second-order valence-electron chi connectivity index (χ2n) is 9.24. The van der Waals surface area contributed by atoms with Gasteiger partial charge in [-0.25, -0.2) is 0 Å². The average Bonchev–Trinajstić information content (AvgIpc) is 3.22. The van der Waals surface area contributed by atoms with E-state index in [1.807, 2.05) is 121 Å². The molecule has 5 heteroatoms. The average molecular weight is 485 g/mol. The molecule has 0 saturated carbocycles. The van der Waals surface area contributed by atoms with Gasteiger partial charge < -0.3 is 25.2 Å². The monoisotopic (exact) mass is 484 g/mol. The van der Waals surface area contributed by atoms with Gasteiger partial charge >= 0.3 is 0 Å². The van der Waals surface area contributed by atoms with E-state index in [9.17, 15) is 5.11 Å². The Hall–Kier alpha value is -4.58. The number of hydrogen-bond donors (Lipinski definition) is 3. The highest BCUT2D eigenvalue weighted by Crippen LogP contribution is 2.59. The van der Waals surface area contributed by atoms with E-state index in [-0.39, 0.29) is 0 Å². The first kappa shape index (κ1) is 21.7. The molecule has 1 unspecified atom stereocenters. The van der Waals surface area contributed by atoms with Crippen LogP contribution in [0.4, 0.5) is 22.7 Å². The normalized spacial score (nSPS) is 16.3. The Morgan fingerprint density at radius 3 is 1.62 bits per heavy atom. The Morgan fingerprint density at radius 2 is 1.05 bits per heavy atom. The van der Waals surface area contributed by atoms with Gasteiger partial charge in [0, 0.05) is 57.1 Å². The van der Waals surface area contributed by atoms with Crippen LogP contribution in [0.3, 0.4) is 0 Å². The summed E-state index contributed by atoms with van der Waals surface area (Å²) in [6, 6.07) is 39.9. The first-order valence-corrected chi connectivity index (χ1v) is 12.3. The SMILES string of the molecule is OC1OC2(c3ccc(Nc4ccccc4)cc3Oc3cc(Nc4ccccc4)ccc32)c2ccccc21. The molecule has 5 aromatic rings. The van der Waals surface area contributed by atoms with Gasteiger partial charge in [0.15, 0.2) is 11.9 Å². The lowest BCUT2D eigenvalue weighted by Crippen LogP contribution is -2.32. The predicted molar refractivity (Wildman–Crippen MR) is 145 cm³/mol. The van der Waals surface area contributed by atoms with E-state index >= 15 is 0 Å². The van der Waals surface area contributed by atoms with Crippen molar-refractivity contribution in [1.29, 1.82) is 0 Å². The molecule has 1 atom stereocenters. The molecule has 5 aromatic carbocycles. The molecule has 5 nitrogen and oxygen atoms in total. The molecule has 3 N–H and O–H groups in total. The summed E-state index contributed by atoms with van der Waals surface area (Å²) in [5, 5.41) is 17.9. The quantitative estimate of drug-likeness (QED) is 0.245. The number of para-hydroxylation sites is 2. The number of rotatable bonds is 4. The van der Waals surface area contributed by atoms with Crippen molar-refractivity contribution in [2.45, 2.75) is 11.9 Å². The van der Waals surface area contributed by atoms with Crippen LogP contribution in [0.1, 0.15) is 28.5 Å². The van der Waals surface area contributed by atoms with E-state index in [0.717, 1.165) is 45.0 Å². The Morgan fingerprint density at radius 1 is 0.541 bits per heavy atom. The van der Waals surface area contributed by atoms with E-state index in [1.165, 1.54) is 0 Å². The van der Waals surface area contributed by atoms with Gasteiger partial charge in [-0.3, -0.25) is 0 Å². The molecule has 0 radical (unpaired) electrons. The molecular formula is C32H24N2O3. The minimum atomic E-state index is -1.04. The summed E-state index contributed by atoms with van der Waals surface area (Å²) in [5.74, 6) is 1.35. The van der Waals surface area contributed by atoms with Gasteiger partial charge in [-0.05, 0) is 48.5 Å². The van der Waals surface area contributed by atoms with Crippen molar-refractivity contribution < 1.29 is 14.6 Å². The molecule has 2 aliphatic heterocycles. The van der Waals surface area contributed by atoms with Gasteiger partial charge in [-0.1, -0.05) is 60.7 Å². The number of benzene rings is 5. The largest absolute Gasteiger partial charge is 0.456 e. The highest BCUT2D eigenvalue weighted by atomic mass is 16.6. The highest BCUT2D eigenvalue weighted by Gasteiger charge is 2.52. The molecule has 2 aliphatic rings. The molecule has 180 valence electrons. The van der Waals surface area contributed by atoms with E-state index < -0.39 is 11.9 Å². The molecular weight excluding hydrogens is 460 g/mol. The zero-order valence-electron chi connectivity index (χ0n) is 19.9. The van der Waals surface area contributed by atoms with E-state index in [1.54, 1.807) is 0 Å². The number of fused-ring (bicyclic) bond motifs is 6. The maximum Gasteiger partial charge on any atom is 0.183 e. The molecule has 0 amide bonds. The van der Waals surface area contributed by atoms with Gasteiger partial charge in [0.2, 0.25) is 0 Å². The smallest absolute Gasteiger partial charge is 0.183 e. The lowest BCUT2D eigenvalue weighted by atomic mass is 9.77. The summed E-state index contributed by atoms with van der Waals surface area (Å²) in [6.07, 6.45) is -1.04. The molecule has 1 spiro atoms. The van der Waals surface area contributed by atoms with Gasteiger partial charge in [0.25, 0.3) is 0 Å². The first-order chi connectivity index (χ1) is 18.2. The van der Waals surface area contributed by atoms with Crippen LogP contribution in [0.5, 0.6) is 11.5 Å². The fourth-order valence-corrected chi connectivity index (χ4v) is 5.34. The maximum absolute atomic E-state index is 11.0. The van der Waals surface area contributed by atoms with Crippen LogP contribution in [0.2, 0.25) is 0 Å². The first-order valence-electron chi connectivity index (χ1n) is 12.3.